The van der Waals surface area contributed by atoms with Crippen LogP contribution in [0.3, 0.4) is 0 Å². The van der Waals surface area contributed by atoms with Gasteiger partial charge >= 0.3 is 0 Å². The Hall–Kier alpha value is -0.670. The Morgan fingerprint density at radius 2 is 2.40 bits per heavy atom. The van der Waals surface area contributed by atoms with Gasteiger partial charge in [-0.2, -0.15) is 0 Å². The molecule has 0 aliphatic rings. The number of hydrogen-bond donors (Lipinski definition) is 1. The monoisotopic (exact) mass is 158 g/mol. The first-order chi connectivity index (χ1) is 4.74. The van der Waals surface area contributed by atoms with Gasteiger partial charge in [-0.1, -0.05) is 11.6 Å². The molecular weight excluding hydrogens is 152 g/mol. The van der Waals surface area contributed by atoms with Crippen LogP contribution in [0.2, 0.25) is 5.15 Å². The van der Waals surface area contributed by atoms with E-state index in [0.717, 1.165) is 0 Å². The lowest BCUT2D eigenvalue weighted by molar-refractivity contribution is 0.281. The van der Waals surface area contributed by atoms with Gasteiger partial charge in [0.1, 0.15) is 11.0 Å². The Balaban J connectivity index is 3.07. The van der Waals surface area contributed by atoms with Crippen molar-refractivity contribution in [1.29, 1.82) is 0 Å². The van der Waals surface area contributed by atoms with Crippen LogP contribution in [0.25, 0.3) is 0 Å². The zero-order chi connectivity index (χ0) is 7.56. The molecule has 1 N–H and O–H groups in total. The summed E-state index contributed by atoms with van der Waals surface area (Å²) in [6.45, 7) is 1.63. The smallest absolute Gasteiger partial charge is 0.138 e. The maximum absolute atomic E-state index is 8.64. The molecule has 1 aromatic heterocycles. The summed E-state index contributed by atoms with van der Waals surface area (Å²) in [6.07, 6.45) is 1.52. The Kier molecular flexibility index (Phi) is 2.19. The van der Waals surface area contributed by atoms with E-state index in [4.69, 9.17) is 16.7 Å². The summed E-state index contributed by atoms with van der Waals surface area (Å²) in [5.74, 6) is 0.613. The molecule has 54 valence electrons. The number of aryl methyl sites for hydroxylation is 1. The summed E-state index contributed by atoms with van der Waals surface area (Å²) in [7, 11) is 0. The van der Waals surface area contributed by atoms with Crippen LogP contribution < -0.4 is 0 Å². The third-order valence-corrected chi connectivity index (χ3v) is 1.43. The molecular formula is C6H7ClN2O. The van der Waals surface area contributed by atoms with Crippen LogP contribution in [-0.2, 0) is 6.61 Å². The molecule has 0 saturated heterocycles. The first-order valence-corrected chi connectivity index (χ1v) is 3.20. The molecule has 0 bridgehead atoms. The van der Waals surface area contributed by atoms with Crippen molar-refractivity contribution in [1.82, 2.24) is 9.97 Å². The van der Waals surface area contributed by atoms with Crippen LogP contribution in [0.5, 0.6) is 0 Å². The third kappa shape index (κ3) is 1.43. The minimum absolute atomic E-state index is 0.112. The summed E-state index contributed by atoms with van der Waals surface area (Å²) in [6, 6.07) is 0. The fourth-order valence-corrected chi connectivity index (χ4v) is 0.804. The minimum atomic E-state index is -0.112. The van der Waals surface area contributed by atoms with Crippen LogP contribution in [0.4, 0.5) is 0 Å². The zero-order valence-electron chi connectivity index (χ0n) is 5.50. The second-order valence-corrected chi connectivity index (χ2v) is 2.25. The van der Waals surface area contributed by atoms with Gasteiger partial charge in [-0.15, -0.1) is 0 Å². The normalized spacial score (nSPS) is 9.90. The van der Waals surface area contributed by atoms with Gasteiger partial charge in [0.2, 0.25) is 0 Å². The highest BCUT2D eigenvalue weighted by Gasteiger charge is 1.99. The first-order valence-electron chi connectivity index (χ1n) is 2.83. The molecule has 0 aliphatic carbocycles. The van der Waals surface area contributed by atoms with E-state index in [0.29, 0.717) is 16.5 Å². The topological polar surface area (TPSA) is 46.0 Å². The molecule has 0 fully saturated rings. The molecule has 4 heteroatoms. The van der Waals surface area contributed by atoms with Crippen LogP contribution in [0.15, 0.2) is 6.20 Å². The van der Waals surface area contributed by atoms with Gasteiger partial charge in [0.05, 0.1) is 6.61 Å². The first kappa shape index (κ1) is 7.44. The van der Waals surface area contributed by atoms with Crippen molar-refractivity contribution < 1.29 is 5.11 Å². The van der Waals surface area contributed by atoms with Crippen LogP contribution in [0.1, 0.15) is 11.4 Å². The standard InChI is InChI=1S/C6H7ClN2O/c1-4-8-2-5(3-10)6(7)9-4/h2,10H,3H2,1H3. The molecule has 1 rings (SSSR count). The van der Waals surface area contributed by atoms with Crippen molar-refractivity contribution in [3.63, 3.8) is 0 Å². The van der Waals surface area contributed by atoms with Crippen molar-refractivity contribution in [3.05, 3.63) is 22.7 Å². The summed E-state index contributed by atoms with van der Waals surface area (Å²) in [5, 5.41) is 8.97. The molecule has 0 saturated carbocycles. The van der Waals surface area contributed by atoms with Gasteiger partial charge < -0.3 is 5.11 Å². The van der Waals surface area contributed by atoms with Crippen molar-refractivity contribution in [2.75, 3.05) is 0 Å². The largest absolute Gasteiger partial charge is 0.392 e. The molecule has 0 atom stereocenters. The lowest BCUT2D eigenvalue weighted by atomic mass is 10.4. The fourth-order valence-electron chi connectivity index (χ4n) is 0.573. The molecule has 0 aromatic carbocycles. The van der Waals surface area contributed by atoms with Gasteiger partial charge in [0, 0.05) is 11.8 Å². The van der Waals surface area contributed by atoms with E-state index in [1.165, 1.54) is 6.20 Å². The molecule has 0 unspecified atom stereocenters. The van der Waals surface area contributed by atoms with Crippen molar-refractivity contribution in [2.45, 2.75) is 13.5 Å². The fraction of sp³-hybridized carbons (Fsp3) is 0.333. The van der Waals surface area contributed by atoms with Crippen LogP contribution in [-0.4, -0.2) is 15.1 Å². The Labute approximate surface area is 63.7 Å². The second-order valence-electron chi connectivity index (χ2n) is 1.89. The highest BCUT2D eigenvalue weighted by atomic mass is 35.5. The highest BCUT2D eigenvalue weighted by Crippen LogP contribution is 2.10. The van der Waals surface area contributed by atoms with E-state index in [-0.39, 0.29) is 6.61 Å². The van der Waals surface area contributed by atoms with Crippen LogP contribution >= 0.6 is 11.6 Å². The number of aromatic nitrogens is 2. The number of hydrogen-bond acceptors (Lipinski definition) is 3. The predicted molar refractivity (Wildman–Crippen MR) is 37.7 cm³/mol. The summed E-state index contributed by atoms with van der Waals surface area (Å²) in [5.41, 5.74) is 0.562. The van der Waals surface area contributed by atoms with E-state index in [2.05, 4.69) is 9.97 Å². The van der Waals surface area contributed by atoms with E-state index in [1.807, 2.05) is 0 Å². The van der Waals surface area contributed by atoms with Crippen molar-refractivity contribution in [3.8, 4) is 0 Å². The minimum Gasteiger partial charge on any atom is -0.392 e. The molecule has 1 aromatic rings. The molecule has 10 heavy (non-hydrogen) atoms. The lowest BCUT2D eigenvalue weighted by Gasteiger charge is -1.97. The van der Waals surface area contributed by atoms with Crippen molar-refractivity contribution >= 4 is 11.6 Å². The van der Waals surface area contributed by atoms with E-state index in [1.54, 1.807) is 6.92 Å². The number of aliphatic hydroxyl groups is 1. The van der Waals surface area contributed by atoms with E-state index >= 15 is 0 Å². The SMILES string of the molecule is Cc1ncc(CO)c(Cl)n1. The van der Waals surface area contributed by atoms with Gasteiger partial charge in [0.25, 0.3) is 0 Å². The molecule has 0 amide bonds. The summed E-state index contributed by atoms with van der Waals surface area (Å²) < 4.78 is 0. The molecule has 0 radical (unpaired) electrons. The van der Waals surface area contributed by atoms with Gasteiger partial charge in [0.15, 0.2) is 0 Å². The number of halogens is 1. The summed E-state index contributed by atoms with van der Waals surface area (Å²) >= 11 is 5.62. The zero-order valence-corrected chi connectivity index (χ0v) is 6.26. The second kappa shape index (κ2) is 2.94. The molecule has 0 aliphatic heterocycles. The molecule has 0 spiro atoms. The highest BCUT2D eigenvalue weighted by molar-refractivity contribution is 6.30. The average molecular weight is 159 g/mol. The quantitative estimate of drug-likeness (QED) is 0.619. The van der Waals surface area contributed by atoms with E-state index < -0.39 is 0 Å². The van der Waals surface area contributed by atoms with Gasteiger partial charge in [-0.25, -0.2) is 9.97 Å². The molecule has 3 nitrogen and oxygen atoms in total. The molecule has 1 heterocycles. The number of aliphatic hydroxyl groups excluding tert-OH is 1. The van der Waals surface area contributed by atoms with E-state index in [9.17, 15) is 0 Å². The van der Waals surface area contributed by atoms with Gasteiger partial charge in [-0.3, -0.25) is 0 Å². The maximum atomic E-state index is 8.64. The summed E-state index contributed by atoms with van der Waals surface area (Å²) in [4.78, 5) is 7.69. The van der Waals surface area contributed by atoms with Gasteiger partial charge in [-0.05, 0) is 6.92 Å². The Morgan fingerprint density at radius 3 is 2.90 bits per heavy atom. The maximum Gasteiger partial charge on any atom is 0.138 e. The lowest BCUT2D eigenvalue weighted by Crippen LogP contribution is -1.93. The van der Waals surface area contributed by atoms with Crippen LogP contribution in [0, 0.1) is 6.92 Å². The predicted octanol–water partition coefficient (Wildman–Crippen LogP) is 0.931. The number of rotatable bonds is 1. The third-order valence-electron chi connectivity index (χ3n) is 1.10. The number of nitrogens with zero attached hydrogens (tertiary/aromatic N) is 2. The Morgan fingerprint density at radius 1 is 1.70 bits per heavy atom. The van der Waals surface area contributed by atoms with Crippen molar-refractivity contribution in [2.24, 2.45) is 0 Å². The average Bonchev–Trinajstić information content (AvgIpc) is 1.88. The Bertz CT molecular complexity index is 239.